The van der Waals surface area contributed by atoms with Gasteiger partial charge in [0.2, 0.25) is 0 Å². The highest BCUT2D eigenvalue weighted by molar-refractivity contribution is 5.35. The van der Waals surface area contributed by atoms with Gasteiger partial charge >= 0.3 is 0 Å². The largest absolute Gasteiger partial charge is 0.374 e. The Balaban J connectivity index is 1.54. The summed E-state index contributed by atoms with van der Waals surface area (Å²) < 4.78 is 5.89. The fourth-order valence-electron chi connectivity index (χ4n) is 2.66. The van der Waals surface area contributed by atoms with Crippen molar-refractivity contribution in [3.8, 4) is 0 Å². The fourth-order valence-corrected chi connectivity index (χ4v) is 2.66. The zero-order valence-corrected chi connectivity index (χ0v) is 13.6. The molecule has 0 aromatic carbocycles. The highest BCUT2D eigenvalue weighted by atomic mass is 16.5. The molecule has 3 rings (SSSR count). The third kappa shape index (κ3) is 4.43. The van der Waals surface area contributed by atoms with E-state index in [0.29, 0.717) is 0 Å². The first kappa shape index (κ1) is 15.8. The molecule has 7 heteroatoms. The first-order chi connectivity index (χ1) is 11.2. The Hall–Kier alpha value is -2.12. The Labute approximate surface area is 136 Å². The summed E-state index contributed by atoms with van der Waals surface area (Å²) in [7, 11) is 2.01. The van der Waals surface area contributed by atoms with Crippen molar-refractivity contribution >= 4 is 5.82 Å². The van der Waals surface area contributed by atoms with Crippen molar-refractivity contribution in [3.63, 3.8) is 0 Å². The molecule has 0 unspecified atom stereocenters. The van der Waals surface area contributed by atoms with Gasteiger partial charge in [0.25, 0.3) is 0 Å². The highest BCUT2D eigenvalue weighted by Crippen LogP contribution is 2.12. The second kappa shape index (κ2) is 7.43. The van der Waals surface area contributed by atoms with E-state index in [1.54, 1.807) is 6.20 Å². The Morgan fingerprint density at radius 3 is 3.00 bits per heavy atom. The van der Waals surface area contributed by atoms with Gasteiger partial charge in [0.05, 0.1) is 24.1 Å². The predicted octanol–water partition coefficient (Wildman–Crippen LogP) is 0.912. The maximum absolute atomic E-state index is 5.89. The van der Waals surface area contributed by atoms with Crippen LogP contribution in [0.1, 0.15) is 11.4 Å². The third-order valence-electron chi connectivity index (χ3n) is 3.87. The average molecular weight is 314 g/mol. The van der Waals surface area contributed by atoms with Gasteiger partial charge in [0, 0.05) is 51.8 Å². The first-order valence-corrected chi connectivity index (χ1v) is 7.81. The van der Waals surface area contributed by atoms with Gasteiger partial charge in [-0.1, -0.05) is 0 Å². The van der Waals surface area contributed by atoms with Crippen molar-refractivity contribution in [2.45, 2.75) is 19.6 Å². The molecule has 1 aliphatic heterocycles. The van der Waals surface area contributed by atoms with Gasteiger partial charge in [0.1, 0.15) is 0 Å². The molecule has 0 bridgehead atoms. The van der Waals surface area contributed by atoms with Gasteiger partial charge in [-0.05, 0) is 19.1 Å². The van der Waals surface area contributed by atoms with Crippen LogP contribution in [0.5, 0.6) is 0 Å². The number of aromatic nitrogens is 4. The molecule has 2 aromatic heterocycles. The monoisotopic (exact) mass is 314 g/mol. The number of ether oxygens (including phenoxy) is 1. The minimum atomic E-state index is 0.147. The number of hydrogen-bond donors (Lipinski definition) is 0. The van der Waals surface area contributed by atoms with E-state index >= 15 is 0 Å². The van der Waals surface area contributed by atoms with E-state index in [4.69, 9.17) is 4.74 Å². The van der Waals surface area contributed by atoms with Crippen LogP contribution in [0.4, 0.5) is 5.82 Å². The summed E-state index contributed by atoms with van der Waals surface area (Å²) >= 11 is 0. The minimum Gasteiger partial charge on any atom is -0.374 e. The van der Waals surface area contributed by atoms with Gasteiger partial charge in [-0.3, -0.25) is 14.9 Å². The SMILES string of the molecule is Cc1cnc(CN2CCO[C@H](CN(C)c3cccnn3)C2)cn1. The second-order valence-electron chi connectivity index (χ2n) is 5.84. The van der Waals surface area contributed by atoms with Crippen LogP contribution in [0.15, 0.2) is 30.7 Å². The molecular formula is C16H22N6O. The van der Waals surface area contributed by atoms with Crippen molar-refractivity contribution in [3.05, 3.63) is 42.1 Å². The van der Waals surface area contributed by atoms with E-state index in [0.717, 1.165) is 50.0 Å². The summed E-state index contributed by atoms with van der Waals surface area (Å²) in [6, 6.07) is 3.85. The van der Waals surface area contributed by atoms with Gasteiger partial charge < -0.3 is 9.64 Å². The van der Waals surface area contributed by atoms with Gasteiger partial charge in [-0.15, -0.1) is 5.10 Å². The van der Waals surface area contributed by atoms with Crippen LogP contribution in [0.3, 0.4) is 0 Å². The van der Waals surface area contributed by atoms with Gasteiger partial charge in [0.15, 0.2) is 5.82 Å². The maximum Gasteiger partial charge on any atom is 0.151 e. The molecule has 7 nitrogen and oxygen atoms in total. The quantitative estimate of drug-likeness (QED) is 0.812. The summed E-state index contributed by atoms with van der Waals surface area (Å²) in [6.07, 6.45) is 5.49. The summed E-state index contributed by atoms with van der Waals surface area (Å²) in [5.41, 5.74) is 1.94. The molecule has 0 spiro atoms. The van der Waals surface area contributed by atoms with Crippen molar-refractivity contribution in [2.75, 3.05) is 38.2 Å². The lowest BCUT2D eigenvalue weighted by molar-refractivity contribution is -0.0268. The Morgan fingerprint density at radius 2 is 2.26 bits per heavy atom. The van der Waals surface area contributed by atoms with E-state index in [-0.39, 0.29) is 6.10 Å². The number of anilines is 1. The van der Waals surface area contributed by atoms with E-state index in [9.17, 15) is 0 Å². The third-order valence-corrected chi connectivity index (χ3v) is 3.87. The van der Waals surface area contributed by atoms with Crippen molar-refractivity contribution < 1.29 is 4.74 Å². The van der Waals surface area contributed by atoms with Gasteiger partial charge in [-0.25, -0.2) is 0 Å². The molecule has 0 N–H and O–H groups in total. The zero-order chi connectivity index (χ0) is 16.1. The molecule has 23 heavy (non-hydrogen) atoms. The Morgan fingerprint density at radius 1 is 1.35 bits per heavy atom. The summed E-state index contributed by atoms with van der Waals surface area (Å²) in [6.45, 7) is 6.07. The van der Waals surface area contributed by atoms with Crippen molar-refractivity contribution in [1.29, 1.82) is 0 Å². The second-order valence-corrected chi connectivity index (χ2v) is 5.84. The number of morpholine rings is 1. The highest BCUT2D eigenvalue weighted by Gasteiger charge is 2.22. The number of aryl methyl sites for hydroxylation is 1. The molecule has 1 fully saturated rings. The lowest BCUT2D eigenvalue weighted by atomic mass is 10.2. The molecule has 1 aliphatic rings. The smallest absolute Gasteiger partial charge is 0.151 e. The van der Waals surface area contributed by atoms with Crippen molar-refractivity contribution in [2.24, 2.45) is 0 Å². The molecule has 0 saturated carbocycles. The van der Waals surface area contributed by atoms with E-state index in [2.05, 4.69) is 30.0 Å². The minimum absolute atomic E-state index is 0.147. The van der Waals surface area contributed by atoms with E-state index in [1.807, 2.05) is 38.5 Å². The van der Waals surface area contributed by atoms with Crippen LogP contribution in [0.25, 0.3) is 0 Å². The Bertz CT molecular complexity index is 606. The molecular weight excluding hydrogens is 292 g/mol. The summed E-state index contributed by atoms with van der Waals surface area (Å²) in [5, 5.41) is 8.05. The normalized spacial score (nSPS) is 18.8. The molecule has 3 heterocycles. The van der Waals surface area contributed by atoms with Crippen LogP contribution >= 0.6 is 0 Å². The standard InChI is InChI=1S/C16H22N6O/c1-13-8-18-14(9-17-13)10-22-6-7-23-15(12-22)11-21(2)16-4-3-5-19-20-16/h3-5,8-9,15H,6-7,10-12H2,1-2H3/t15-/m1/s1. The molecule has 1 atom stereocenters. The lowest BCUT2D eigenvalue weighted by Crippen LogP contribution is -2.46. The van der Waals surface area contributed by atoms with Crippen LogP contribution in [0.2, 0.25) is 0 Å². The summed E-state index contributed by atoms with van der Waals surface area (Å²) in [4.78, 5) is 13.2. The topological polar surface area (TPSA) is 67.3 Å². The average Bonchev–Trinajstić information content (AvgIpc) is 2.58. The summed E-state index contributed by atoms with van der Waals surface area (Å²) in [5.74, 6) is 0.859. The van der Waals surface area contributed by atoms with Crippen LogP contribution in [0, 0.1) is 6.92 Å². The molecule has 0 radical (unpaired) electrons. The molecule has 2 aromatic rings. The molecule has 0 amide bonds. The van der Waals surface area contributed by atoms with Crippen LogP contribution in [-0.4, -0.2) is 64.5 Å². The maximum atomic E-state index is 5.89. The molecule has 122 valence electrons. The predicted molar refractivity (Wildman–Crippen MR) is 87.1 cm³/mol. The lowest BCUT2D eigenvalue weighted by Gasteiger charge is -2.34. The number of hydrogen-bond acceptors (Lipinski definition) is 7. The Kier molecular flexibility index (Phi) is 5.09. The van der Waals surface area contributed by atoms with E-state index in [1.165, 1.54) is 0 Å². The van der Waals surface area contributed by atoms with E-state index < -0.39 is 0 Å². The fraction of sp³-hybridized carbons (Fsp3) is 0.500. The van der Waals surface area contributed by atoms with Crippen LogP contribution < -0.4 is 4.90 Å². The number of likely N-dealkylation sites (N-methyl/N-ethyl adjacent to an activating group) is 1. The molecule has 0 aliphatic carbocycles. The van der Waals surface area contributed by atoms with Gasteiger partial charge in [-0.2, -0.15) is 5.10 Å². The number of nitrogens with zero attached hydrogens (tertiary/aromatic N) is 6. The molecule has 1 saturated heterocycles. The first-order valence-electron chi connectivity index (χ1n) is 7.81. The van der Waals surface area contributed by atoms with Crippen LogP contribution in [-0.2, 0) is 11.3 Å². The number of rotatable bonds is 5. The zero-order valence-electron chi connectivity index (χ0n) is 13.6. The van der Waals surface area contributed by atoms with Crippen molar-refractivity contribution in [1.82, 2.24) is 25.1 Å².